The highest BCUT2D eigenvalue weighted by molar-refractivity contribution is 7.98. The standard InChI is InChI=1S/C18H18F3N3O4S3/c1-29-10-28-17(25)9-24-13(8-16(22)18(19,20)21)15-6-5-14(30-15)11-3-2-4-12(7-11)31(23,26)27/h2-8H,9-10,22H2,1H3,(H2,23,26,27). The number of carbonyl (C=O) groups excluding carboxylic acids is 1. The van der Waals surface area contributed by atoms with Crippen LogP contribution in [0.25, 0.3) is 10.4 Å². The van der Waals surface area contributed by atoms with Crippen molar-refractivity contribution in [2.24, 2.45) is 15.9 Å². The largest absolute Gasteiger partial charge is 0.453 e. The van der Waals surface area contributed by atoms with E-state index in [2.05, 4.69) is 4.99 Å². The van der Waals surface area contributed by atoms with E-state index in [0.717, 1.165) is 11.3 Å². The van der Waals surface area contributed by atoms with E-state index in [1.807, 2.05) is 0 Å². The Balaban J connectivity index is 2.42. The third-order valence-electron chi connectivity index (χ3n) is 3.64. The maximum atomic E-state index is 12.9. The number of ether oxygens (including phenoxy) is 1. The summed E-state index contributed by atoms with van der Waals surface area (Å²) in [5.74, 6) is -0.614. The van der Waals surface area contributed by atoms with Crippen LogP contribution in [0.5, 0.6) is 0 Å². The van der Waals surface area contributed by atoms with E-state index in [0.29, 0.717) is 21.4 Å². The van der Waals surface area contributed by atoms with E-state index >= 15 is 0 Å². The lowest BCUT2D eigenvalue weighted by atomic mass is 10.2. The van der Waals surface area contributed by atoms with Crippen LogP contribution in [-0.4, -0.2) is 45.0 Å². The van der Waals surface area contributed by atoms with Gasteiger partial charge >= 0.3 is 12.1 Å². The first-order valence-corrected chi connectivity index (χ1v) is 12.1. The van der Waals surface area contributed by atoms with E-state index in [9.17, 15) is 26.4 Å². The molecule has 13 heteroatoms. The molecule has 168 valence electrons. The van der Waals surface area contributed by atoms with Crippen molar-refractivity contribution in [3.63, 3.8) is 0 Å². The summed E-state index contributed by atoms with van der Waals surface area (Å²) in [6.45, 7) is -0.494. The van der Waals surface area contributed by atoms with Gasteiger partial charge in [-0.15, -0.1) is 23.1 Å². The zero-order valence-corrected chi connectivity index (χ0v) is 18.5. The Morgan fingerprint density at radius 1 is 1.29 bits per heavy atom. The number of nitrogens with zero attached hydrogens (tertiary/aromatic N) is 1. The Morgan fingerprint density at radius 2 is 2.00 bits per heavy atom. The number of sulfonamides is 1. The fourth-order valence-electron chi connectivity index (χ4n) is 2.20. The van der Waals surface area contributed by atoms with Crippen molar-refractivity contribution in [2.45, 2.75) is 11.1 Å². The Kier molecular flexibility index (Phi) is 8.28. The number of alkyl halides is 3. The van der Waals surface area contributed by atoms with Crippen LogP contribution in [-0.2, 0) is 19.6 Å². The maximum Gasteiger partial charge on any atom is 0.430 e. The van der Waals surface area contributed by atoms with Gasteiger partial charge in [0.2, 0.25) is 10.0 Å². The second-order valence-electron chi connectivity index (χ2n) is 5.96. The molecule has 0 unspecified atom stereocenters. The van der Waals surface area contributed by atoms with Crippen molar-refractivity contribution in [3.8, 4) is 10.4 Å². The third-order valence-corrected chi connectivity index (χ3v) is 6.06. The number of rotatable bonds is 8. The molecule has 31 heavy (non-hydrogen) atoms. The number of esters is 1. The maximum absolute atomic E-state index is 12.9. The van der Waals surface area contributed by atoms with Crippen LogP contribution in [0.1, 0.15) is 4.88 Å². The molecule has 0 bridgehead atoms. The monoisotopic (exact) mass is 493 g/mol. The van der Waals surface area contributed by atoms with E-state index in [-0.39, 0.29) is 16.5 Å². The zero-order valence-electron chi connectivity index (χ0n) is 16.0. The number of nitrogens with two attached hydrogens (primary N) is 2. The average Bonchev–Trinajstić information content (AvgIpc) is 3.18. The molecule has 7 nitrogen and oxygen atoms in total. The fraction of sp³-hybridized carbons (Fsp3) is 0.222. The van der Waals surface area contributed by atoms with Gasteiger partial charge in [0.15, 0.2) is 0 Å². The summed E-state index contributed by atoms with van der Waals surface area (Å²) in [5.41, 5.74) is 4.08. The molecule has 0 atom stereocenters. The number of hydrogen-bond donors (Lipinski definition) is 2. The van der Waals surface area contributed by atoms with Gasteiger partial charge in [-0.2, -0.15) is 13.2 Å². The second-order valence-corrected chi connectivity index (χ2v) is 9.42. The summed E-state index contributed by atoms with van der Waals surface area (Å²) in [6, 6.07) is 8.87. The highest BCUT2D eigenvalue weighted by atomic mass is 32.2. The van der Waals surface area contributed by atoms with Gasteiger partial charge in [-0.1, -0.05) is 12.1 Å². The molecule has 0 saturated heterocycles. The van der Waals surface area contributed by atoms with E-state index in [4.69, 9.17) is 15.6 Å². The van der Waals surface area contributed by atoms with E-state index in [1.54, 1.807) is 18.4 Å². The van der Waals surface area contributed by atoms with Crippen molar-refractivity contribution in [1.29, 1.82) is 0 Å². The van der Waals surface area contributed by atoms with Crippen LogP contribution in [0.4, 0.5) is 13.2 Å². The lowest BCUT2D eigenvalue weighted by Gasteiger charge is -2.07. The lowest BCUT2D eigenvalue weighted by Crippen LogP contribution is -2.21. The molecule has 0 saturated carbocycles. The van der Waals surface area contributed by atoms with E-state index in [1.165, 1.54) is 36.0 Å². The van der Waals surface area contributed by atoms with Gasteiger partial charge in [-0.25, -0.2) is 13.6 Å². The Labute approximate surface area is 185 Å². The van der Waals surface area contributed by atoms with Crippen molar-refractivity contribution >= 4 is 44.8 Å². The molecule has 2 rings (SSSR count). The number of thioether (sulfide) groups is 1. The summed E-state index contributed by atoms with van der Waals surface area (Å²) < 4.78 is 66.7. The quantitative estimate of drug-likeness (QED) is 0.331. The summed E-state index contributed by atoms with van der Waals surface area (Å²) in [4.78, 5) is 16.4. The van der Waals surface area contributed by atoms with Gasteiger partial charge in [-0.3, -0.25) is 9.79 Å². The highest BCUT2D eigenvalue weighted by Gasteiger charge is 2.32. The molecular weight excluding hydrogens is 475 g/mol. The molecule has 0 fully saturated rings. The zero-order chi connectivity index (χ0) is 23.2. The number of hydrogen-bond acceptors (Lipinski definition) is 8. The van der Waals surface area contributed by atoms with Gasteiger partial charge in [0.25, 0.3) is 0 Å². The van der Waals surface area contributed by atoms with Crippen molar-refractivity contribution in [3.05, 3.63) is 53.0 Å². The molecule has 0 aliphatic carbocycles. The number of halogens is 3. The number of aliphatic imine (C=N–C) groups is 1. The molecular formula is C18H18F3N3O4S3. The normalized spacial score (nSPS) is 13.3. The van der Waals surface area contributed by atoms with Gasteiger partial charge < -0.3 is 10.5 Å². The highest BCUT2D eigenvalue weighted by Crippen LogP contribution is 2.31. The van der Waals surface area contributed by atoms with Crippen LogP contribution < -0.4 is 10.9 Å². The number of allylic oxidation sites excluding steroid dienone is 2. The molecule has 0 amide bonds. The number of benzene rings is 1. The third kappa shape index (κ3) is 7.38. The molecule has 0 aliphatic heterocycles. The molecule has 0 radical (unpaired) electrons. The minimum absolute atomic E-state index is 0.0910. The average molecular weight is 494 g/mol. The van der Waals surface area contributed by atoms with E-state index < -0.39 is 34.4 Å². The van der Waals surface area contributed by atoms with Crippen LogP contribution >= 0.6 is 23.1 Å². The molecule has 4 N–H and O–H groups in total. The van der Waals surface area contributed by atoms with Gasteiger partial charge in [0.05, 0.1) is 15.5 Å². The number of carbonyl (C=O) groups is 1. The molecule has 1 heterocycles. The molecule has 2 aromatic rings. The Bertz CT molecular complexity index is 1110. The molecule has 0 aliphatic rings. The fourth-order valence-corrected chi connectivity index (χ4v) is 3.99. The molecule has 0 spiro atoms. The predicted molar refractivity (Wildman–Crippen MR) is 115 cm³/mol. The van der Waals surface area contributed by atoms with Gasteiger partial charge in [0, 0.05) is 4.88 Å². The van der Waals surface area contributed by atoms with Gasteiger partial charge in [-0.05, 0) is 42.2 Å². The van der Waals surface area contributed by atoms with Gasteiger partial charge in [0.1, 0.15) is 18.2 Å². The van der Waals surface area contributed by atoms with Crippen molar-refractivity contribution in [2.75, 3.05) is 18.7 Å². The van der Waals surface area contributed by atoms with Crippen molar-refractivity contribution < 1.29 is 31.1 Å². The molecule has 1 aromatic heterocycles. The predicted octanol–water partition coefficient (Wildman–Crippen LogP) is 3.12. The molecule has 1 aromatic carbocycles. The number of thiophene rings is 1. The first-order valence-electron chi connectivity index (χ1n) is 8.38. The summed E-state index contributed by atoms with van der Waals surface area (Å²) in [5, 5.41) is 5.14. The first-order chi connectivity index (χ1) is 14.4. The Morgan fingerprint density at radius 3 is 2.61 bits per heavy atom. The lowest BCUT2D eigenvalue weighted by molar-refractivity contribution is -0.139. The summed E-state index contributed by atoms with van der Waals surface area (Å²) in [7, 11) is -3.92. The summed E-state index contributed by atoms with van der Waals surface area (Å²) in [6.07, 6.45) is -2.42. The summed E-state index contributed by atoms with van der Waals surface area (Å²) >= 11 is 2.30. The second kappa shape index (κ2) is 10.3. The van der Waals surface area contributed by atoms with Crippen LogP contribution in [0.3, 0.4) is 0 Å². The van der Waals surface area contributed by atoms with Crippen LogP contribution in [0.2, 0.25) is 0 Å². The minimum Gasteiger partial charge on any atom is -0.453 e. The Hall–Kier alpha value is -2.35. The number of primary sulfonamides is 1. The minimum atomic E-state index is -4.77. The van der Waals surface area contributed by atoms with Crippen LogP contribution in [0, 0.1) is 0 Å². The smallest absolute Gasteiger partial charge is 0.430 e. The first kappa shape index (κ1) is 24.9. The van der Waals surface area contributed by atoms with Crippen LogP contribution in [0.15, 0.2) is 58.1 Å². The topological polar surface area (TPSA) is 125 Å². The SMILES string of the molecule is CSCOC(=O)CN=C(C=C(N)C(F)(F)F)c1ccc(-c2cccc(S(N)(=O)=O)c2)s1. The van der Waals surface area contributed by atoms with Crippen molar-refractivity contribution in [1.82, 2.24) is 0 Å².